The molecule has 1 aromatic carbocycles. The van der Waals surface area contributed by atoms with Gasteiger partial charge in [-0.3, -0.25) is 4.90 Å². The highest BCUT2D eigenvalue weighted by Gasteiger charge is 2.07. The van der Waals surface area contributed by atoms with Crippen LogP contribution in [0.15, 0.2) is 29.8 Å². The summed E-state index contributed by atoms with van der Waals surface area (Å²) in [5, 5.41) is 9.68. The Hall–Kier alpha value is -1.36. The van der Waals surface area contributed by atoms with E-state index >= 15 is 0 Å². The Balaban J connectivity index is 2.51. The summed E-state index contributed by atoms with van der Waals surface area (Å²) in [6.45, 7) is 3.86. The topological polar surface area (TPSA) is 41.9 Å². The third kappa shape index (κ3) is 6.19. The van der Waals surface area contributed by atoms with Gasteiger partial charge in [0, 0.05) is 20.2 Å². The van der Waals surface area contributed by atoms with Crippen LogP contribution in [0.4, 0.5) is 0 Å². The first-order chi connectivity index (χ1) is 9.55. The molecule has 4 nitrogen and oxygen atoms in total. The highest BCUT2D eigenvalue weighted by atomic mass is 16.5. The molecule has 1 unspecified atom stereocenters. The lowest BCUT2D eigenvalue weighted by molar-refractivity contribution is 0.0450. The van der Waals surface area contributed by atoms with Crippen LogP contribution < -0.4 is 4.74 Å². The Morgan fingerprint density at radius 3 is 2.50 bits per heavy atom. The van der Waals surface area contributed by atoms with Crippen molar-refractivity contribution in [2.45, 2.75) is 13.0 Å². The maximum atomic E-state index is 9.68. The van der Waals surface area contributed by atoms with E-state index in [9.17, 15) is 5.11 Å². The van der Waals surface area contributed by atoms with Crippen LogP contribution in [0.2, 0.25) is 0 Å². The number of hydrogen-bond donors (Lipinski definition) is 1. The Morgan fingerprint density at radius 1 is 1.30 bits per heavy atom. The highest BCUT2D eigenvalue weighted by Crippen LogP contribution is 2.14. The summed E-state index contributed by atoms with van der Waals surface area (Å²) in [7, 11) is 5.25. The second kappa shape index (κ2) is 8.74. The minimum Gasteiger partial charge on any atom is -0.497 e. The van der Waals surface area contributed by atoms with Gasteiger partial charge in [-0.2, -0.15) is 0 Å². The Kier molecular flexibility index (Phi) is 7.30. The van der Waals surface area contributed by atoms with Gasteiger partial charge < -0.3 is 14.6 Å². The maximum absolute atomic E-state index is 9.68. The Morgan fingerprint density at radius 2 is 1.95 bits per heavy atom. The molecule has 0 heterocycles. The summed E-state index contributed by atoms with van der Waals surface area (Å²) in [5.74, 6) is 0.861. The summed E-state index contributed by atoms with van der Waals surface area (Å²) in [5.41, 5.74) is 2.39. The highest BCUT2D eigenvalue weighted by molar-refractivity contribution is 5.53. The summed E-state index contributed by atoms with van der Waals surface area (Å²) in [4.78, 5) is 2.08. The fourth-order valence-corrected chi connectivity index (χ4v) is 2.13. The molecule has 1 rings (SSSR count). The van der Waals surface area contributed by atoms with E-state index in [2.05, 4.69) is 17.9 Å². The molecular formula is C16H25NO3. The molecule has 0 bridgehead atoms. The predicted molar refractivity (Wildman–Crippen MR) is 82.0 cm³/mol. The van der Waals surface area contributed by atoms with Crippen molar-refractivity contribution in [2.75, 3.05) is 41.0 Å². The summed E-state index contributed by atoms with van der Waals surface area (Å²) in [6, 6.07) is 7.96. The van der Waals surface area contributed by atoms with Gasteiger partial charge in [0.05, 0.1) is 19.8 Å². The van der Waals surface area contributed by atoms with Gasteiger partial charge in [0.25, 0.3) is 0 Å². The number of rotatable bonds is 8. The number of methoxy groups -OCH3 is 2. The van der Waals surface area contributed by atoms with E-state index in [1.165, 1.54) is 5.57 Å². The second-order valence-corrected chi connectivity index (χ2v) is 5.07. The van der Waals surface area contributed by atoms with E-state index in [0.29, 0.717) is 13.2 Å². The number of likely N-dealkylation sites (N-methyl/N-ethyl adjacent to an activating group) is 1. The van der Waals surface area contributed by atoms with Crippen LogP contribution in [-0.4, -0.2) is 57.1 Å². The number of benzene rings is 1. The molecule has 0 saturated heterocycles. The van der Waals surface area contributed by atoms with Crippen molar-refractivity contribution in [1.82, 2.24) is 4.90 Å². The molecule has 0 aliphatic rings. The number of nitrogens with zero attached hydrogens (tertiary/aromatic N) is 1. The van der Waals surface area contributed by atoms with Gasteiger partial charge in [-0.15, -0.1) is 0 Å². The van der Waals surface area contributed by atoms with E-state index in [0.717, 1.165) is 17.9 Å². The van der Waals surface area contributed by atoms with Crippen LogP contribution in [0.1, 0.15) is 12.5 Å². The van der Waals surface area contributed by atoms with Crippen molar-refractivity contribution < 1.29 is 14.6 Å². The van der Waals surface area contributed by atoms with Crippen LogP contribution in [-0.2, 0) is 4.74 Å². The molecule has 0 aromatic heterocycles. The molecule has 20 heavy (non-hydrogen) atoms. The van der Waals surface area contributed by atoms with Crippen LogP contribution in [0.5, 0.6) is 5.75 Å². The van der Waals surface area contributed by atoms with E-state index in [1.807, 2.05) is 31.3 Å². The van der Waals surface area contributed by atoms with Crippen molar-refractivity contribution in [3.05, 3.63) is 35.4 Å². The van der Waals surface area contributed by atoms with Gasteiger partial charge >= 0.3 is 0 Å². The standard InChI is InChI=1S/C16H25NO3/c1-13(10-17(2)11-15(18)12-19-3)9-14-5-7-16(20-4)8-6-14/h5-9,15,18H,10-12H2,1-4H3/b13-9+. The van der Waals surface area contributed by atoms with Gasteiger partial charge in [-0.1, -0.05) is 23.8 Å². The number of ether oxygens (including phenoxy) is 2. The molecule has 0 aliphatic heterocycles. The lowest BCUT2D eigenvalue weighted by atomic mass is 10.1. The average Bonchev–Trinajstić information content (AvgIpc) is 2.39. The lowest BCUT2D eigenvalue weighted by Crippen LogP contribution is -2.32. The van der Waals surface area contributed by atoms with Crippen LogP contribution in [0, 0.1) is 0 Å². The lowest BCUT2D eigenvalue weighted by Gasteiger charge is -2.20. The van der Waals surface area contributed by atoms with E-state index < -0.39 is 6.10 Å². The summed E-state index contributed by atoms with van der Waals surface area (Å²) < 4.78 is 10.1. The molecule has 1 N–H and O–H groups in total. The molecule has 0 fully saturated rings. The van der Waals surface area contributed by atoms with Gasteiger partial charge in [-0.25, -0.2) is 0 Å². The molecular weight excluding hydrogens is 254 g/mol. The first-order valence-corrected chi connectivity index (χ1v) is 6.72. The number of aliphatic hydroxyl groups is 1. The molecule has 1 atom stereocenters. The van der Waals surface area contributed by atoms with Crippen molar-refractivity contribution in [3.8, 4) is 5.75 Å². The van der Waals surface area contributed by atoms with Crippen molar-refractivity contribution in [2.24, 2.45) is 0 Å². The van der Waals surface area contributed by atoms with Crippen molar-refractivity contribution in [1.29, 1.82) is 0 Å². The second-order valence-electron chi connectivity index (χ2n) is 5.07. The quantitative estimate of drug-likeness (QED) is 0.790. The van der Waals surface area contributed by atoms with E-state index in [4.69, 9.17) is 9.47 Å². The van der Waals surface area contributed by atoms with Crippen LogP contribution in [0.3, 0.4) is 0 Å². The smallest absolute Gasteiger partial charge is 0.118 e. The van der Waals surface area contributed by atoms with Gasteiger partial charge in [0.1, 0.15) is 5.75 Å². The normalized spacial score (nSPS) is 13.6. The molecule has 0 radical (unpaired) electrons. The fraction of sp³-hybridized carbons (Fsp3) is 0.500. The first-order valence-electron chi connectivity index (χ1n) is 6.72. The summed E-state index contributed by atoms with van der Waals surface area (Å²) >= 11 is 0. The molecule has 4 heteroatoms. The van der Waals surface area contributed by atoms with Gasteiger partial charge in [-0.05, 0) is 31.7 Å². The molecule has 0 amide bonds. The fourth-order valence-electron chi connectivity index (χ4n) is 2.13. The Labute approximate surface area is 121 Å². The number of hydrogen-bond acceptors (Lipinski definition) is 4. The zero-order valence-corrected chi connectivity index (χ0v) is 12.8. The minimum absolute atomic E-state index is 0.367. The van der Waals surface area contributed by atoms with Crippen LogP contribution >= 0.6 is 0 Å². The molecule has 0 aliphatic carbocycles. The zero-order valence-electron chi connectivity index (χ0n) is 12.8. The largest absolute Gasteiger partial charge is 0.497 e. The average molecular weight is 279 g/mol. The summed E-state index contributed by atoms with van der Waals surface area (Å²) in [6.07, 6.45) is 1.69. The zero-order chi connectivity index (χ0) is 15.0. The number of aliphatic hydroxyl groups excluding tert-OH is 1. The van der Waals surface area contributed by atoms with E-state index in [-0.39, 0.29) is 0 Å². The van der Waals surface area contributed by atoms with Gasteiger partial charge in [0.15, 0.2) is 0 Å². The predicted octanol–water partition coefficient (Wildman–Crippen LogP) is 2.04. The van der Waals surface area contributed by atoms with E-state index in [1.54, 1.807) is 14.2 Å². The molecule has 1 aromatic rings. The minimum atomic E-state index is -0.446. The third-order valence-corrected chi connectivity index (χ3v) is 2.93. The Bertz CT molecular complexity index is 414. The SMILES string of the molecule is COCC(O)CN(C)C/C(C)=C/c1ccc(OC)cc1. The molecule has 0 spiro atoms. The molecule has 0 saturated carbocycles. The first kappa shape index (κ1) is 16.7. The monoisotopic (exact) mass is 279 g/mol. The van der Waals surface area contributed by atoms with Gasteiger partial charge in [0.2, 0.25) is 0 Å². The third-order valence-electron chi connectivity index (χ3n) is 2.93. The van der Waals surface area contributed by atoms with Crippen LogP contribution in [0.25, 0.3) is 6.08 Å². The van der Waals surface area contributed by atoms with Crippen molar-refractivity contribution >= 4 is 6.08 Å². The maximum Gasteiger partial charge on any atom is 0.118 e. The molecule has 112 valence electrons. The van der Waals surface area contributed by atoms with Crippen molar-refractivity contribution in [3.63, 3.8) is 0 Å².